The zero-order chi connectivity index (χ0) is 17.6. The van der Waals surface area contributed by atoms with E-state index < -0.39 is 0 Å². The zero-order valence-electron chi connectivity index (χ0n) is 13.8. The molecule has 7 heteroatoms. The molecule has 1 amide bonds. The van der Waals surface area contributed by atoms with Crippen LogP contribution in [0.4, 0.5) is 0 Å². The van der Waals surface area contributed by atoms with Gasteiger partial charge in [0.25, 0.3) is 5.91 Å². The Morgan fingerprint density at radius 2 is 2.00 bits per heavy atom. The Hall–Kier alpha value is -1.96. The van der Waals surface area contributed by atoms with Gasteiger partial charge in [0.1, 0.15) is 5.75 Å². The summed E-state index contributed by atoms with van der Waals surface area (Å²) in [5.74, 6) is 1.11. The number of carbonyl (C=O) groups is 1. The van der Waals surface area contributed by atoms with E-state index in [9.17, 15) is 4.79 Å². The number of hydrogen-bond donors (Lipinski definition) is 1. The molecule has 0 atom stereocenters. The molecule has 132 valence electrons. The summed E-state index contributed by atoms with van der Waals surface area (Å²) in [6.07, 6.45) is 1.55. The number of hydrogen-bond acceptors (Lipinski definition) is 5. The Morgan fingerprint density at radius 3 is 2.64 bits per heavy atom. The van der Waals surface area contributed by atoms with Crippen LogP contribution in [0.2, 0.25) is 0 Å². The standard InChI is InChI=1S/C18H20BrN3O3/c19-15-2-1-3-16(12-15)25-17-5-4-14(13-20-17)18(24)22-8-6-21(7-9-22)10-11-23/h1-5,12-13,23H,6-11H2. The highest BCUT2D eigenvalue weighted by atomic mass is 79.9. The number of pyridine rings is 1. The zero-order valence-corrected chi connectivity index (χ0v) is 15.4. The summed E-state index contributed by atoms with van der Waals surface area (Å²) in [5.41, 5.74) is 0.553. The van der Waals surface area contributed by atoms with Crippen LogP contribution in [0.3, 0.4) is 0 Å². The molecule has 2 heterocycles. The van der Waals surface area contributed by atoms with Crippen molar-refractivity contribution in [3.63, 3.8) is 0 Å². The lowest BCUT2D eigenvalue weighted by molar-refractivity contribution is 0.0614. The van der Waals surface area contributed by atoms with Gasteiger partial charge in [-0.25, -0.2) is 4.98 Å². The molecule has 0 bridgehead atoms. The summed E-state index contributed by atoms with van der Waals surface area (Å²) < 4.78 is 6.61. The first-order valence-corrected chi connectivity index (χ1v) is 8.97. The largest absolute Gasteiger partial charge is 0.439 e. The highest BCUT2D eigenvalue weighted by Crippen LogP contribution is 2.23. The fourth-order valence-corrected chi connectivity index (χ4v) is 3.10. The van der Waals surface area contributed by atoms with Crippen molar-refractivity contribution in [2.75, 3.05) is 39.3 Å². The van der Waals surface area contributed by atoms with Crippen LogP contribution in [0, 0.1) is 0 Å². The molecule has 0 spiro atoms. The van der Waals surface area contributed by atoms with Crippen LogP contribution in [0.1, 0.15) is 10.4 Å². The molecule has 0 unspecified atom stereocenters. The molecule has 1 aromatic carbocycles. The van der Waals surface area contributed by atoms with Gasteiger partial charge < -0.3 is 14.7 Å². The molecular formula is C18H20BrN3O3. The third-order valence-electron chi connectivity index (χ3n) is 4.08. The van der Waals surface area contributed by atoms with Crippen LogP contribution in [-0.4, -0.2) is 65.1 Å². The number of carbonyl (C=O) groups excluding carboxylic acids is 1. The van der Waals surface area contributed by atoms with Gasteiger partial charge in [-0.3, -0.25) is 9.69 Å². The molecule has 1 aromatic heterocycles. The Labute approximate surface area is 155 Å². The van der Waals surface area contributed by atoms with E-state index in [4.69, 9.17) is 9.84 Å². The minimum Gasteiger partial charge on any atom is -0.439 e. The highest BCUT2D eigenvalue weighted by Gasteiger charge is 2.22. The summed E-state index contributed by atoms with van der Waals surface area (Å²) >= 11 is 3.40. The van der Waals surface area contributed by atoms with Crippen molar-refractivity contribution in [1.29, 1.82) is 0 Å². The monoisotopic (exact) mass is 405 g/mol. The summed E-state index contributed by atoms with van der Waals surface area (Å²) in [6, 6.07) is 10.9. The number of aromatic nitrogens is 1. The van der Waals surface area contributed by atoms with Crippen LogP contribution in [0.25, 0.3) is 0 Å². The van der Waals surface area contributed by atoms with E-state index in [2.05, 4.69) is 25.8 Å². The second-order valence-electron chi connectivity index (χ2n) is 5.80. The smallest absolute Gasteiger partial charge is 0.255 e. The van der Waals surface area contributed by atoms with E-state index in [1.165, 1.54) is 0 Å². The number of aliphatic hydroxyl groups excluding tert-OH is 1. The van der Waals surface area contributed by atoms with Crippen molar-refractivity contribution in [3.8, 4) is 11.6 Å². The molecular weight excluding hydrogens is 386 g/mol. The third kappa shape index (κ3) is 4.78. The van der Waals surface area contributed by atoms with Crippen molar-refractivity contribution >= 4 is 21.8 Å². The molecule has 0 radical (unpaired) electrons. The SMILES string of the molecule is O=C(c1ccc(Oc2cccc(Br)c2)nc1)N1CCN(CCO)CC1. The fraction of sp³-hybridized carbons (Fsp3) is 0.333. The third-order valence-corrected chi connectivity index (χ3v) is 4.57. The van der Waals surface area contributed by atoms with Gasteiger partial charge in [-0.2, -0.15) is 0 Å². The predicted molar refractivity (Wildman–Crippen MR) is 97.9 cm³/mol. The Morgan fingerprint density at radius 1 is 1.20 bits per heavy atom. The quantitative estimate of drug-likeness (QED) is 0.826. The lowest BCUT2D eigenvalue weighted by Gasteiger charge is -2.34. The van der Waals surface area contributed by atoms with Crippen LogP contribution in [0.15, 0.2) is 47.1 Å². The maximum atomic E-state index is 12.5. The maximum Gasteiger partial charge on any atom is 0.255 e. The number of halogens is 1. The number of amides is 1. The van der Waals surface area contributed by atoms with Gasteiger partial charge in [0.05, 0.1) is 12.2 Å². The van der Waals surface area contributed by atoms with Gasteiger partial charge in [0, 0.05) is 49.5 Å². The van der Waals surface area contributed by atoms with Crippen LogP contribution in [-0.2, 0) is 0 Å². The molecule has 3 rings (SSSR count). The number of benzene rings is 1. The molecule has 1 aliphatic rings. The lowest BCUT2D eigenvalue weighted by Crippen LogP contribution is -2.49. The van der Waals surface area contributed by atoms with E-state index in [0.717, 1.165) is 17.6 Å². The van der Waals surface area contributed by atoms with Gasteiger partial charge in [-0.05, 0) is 24.3 Å². The topological polar surface area (TPSA) is 65.9 Å². The Bertz CT molecular complexity index is 716. The maximum absolute atomic E-state index is 12.5. The van der Waals surface area contributed by atoms with Gasteiger partial charge in [-0.1, -0.05) is 22.0 Å². The van der Waals surface area contributed by atoms with Crippen molar-refractivity contribution in [2.45, 2.75) is 0 Å². The molecule has 25 heavy (non-hydrogen) atoms. The molecule has 2 aromatic rings. The number of rotatable bonds is 5. The fourth-order valence-electron chi connectivity index (χ4n) is 2.72. The van der Waals surface area contributed by atoms with E-state index in [1.807, 2.05) is 29.2 Å². The van der Waals surface area contributed by atoms with Crippen LogP contribution < -0.4 is 4.74 Å². The first-order chi connectivity index (χ1) is 12.2. The second kappa shape index (κ2) is 8.42. The van der Waals surface area contributed by atoms with E-state index in [1.54, 1.807) is 18.3 Å². The van der Waals surface area contributed by atoms with Crippen LogP contribution in [0.5, 0.6) is 11.6 Å². The Kier molecular flexibility index (Phi) is 6.01. The molecule has 1 aliphatic heterocycles. The van der Waals surface area contributed by atoms with Crippen molar-refractivity contribution in [1.82, 2.24) is 14.8 Å². The van der Waals surface area contributed by atoms with Gasteiger partial charge >= 0.3 is 0 Å². The minimum absolute atomic E-state index is 0.0230. The van der Waals surface area contributed by atoms with Crippen molar-refractivity contribution < 1.29 is 14.6 Å². The van der Waals surface area contributed by atoms with Gasteiger partial charge in [0.2, 0.25) is 5.88 Å². The predicted octanol–water partition coefficient (Wildman–Crippen LogP) is 2.39. The molecule has 0 aliphatic carbocycles. The van der Waals surface area contributed by atoms with E-state index >= 15 is 0 Å². The molecule has 0 saturated carbocycles. The number of piperazine rings is 1. The van der Waals surface area contributed by atoms with Crippen molar-refractivity contribution in [2.24, 2.45) is 0 Å². The molecule has 6 nitrogen and oxygen atoms in total. The average molecular weight is 406 g/mol. The molecule has 1 N–H and O–H groups in total. The van der Waals surface area contributed by atoms with Crippen LogP contribution >= 0.6 is 15.9 Å². The second-order valence-corrected chi connectivity index (χ2v) is 6.72. The number of aliphatic hydroxyl groups is 1. The van der Waals surface area contributed by atoms with Crippen molar-refractivity contribution in [3.05, 3.63) is 52.6 Å². The number of β-amino-alcohol motifs (C(OH)–C–C–N with tert-alkyl or cyclic N) is 1. The minimum atomic E-state index is -0.0230. The highest BCUT2D eigenvalue weighted by molar-refractivity contribution is 9.10. The van der Waals surface area contributed by atoms with E-state index in [0.29, 0.717) is 36.8 Å². The summed E-state index contributed by atoms with van der Waals surface area (Å²) in [4.78, 5) is 20.8. The summed E-state index contributed by atoms with van der Waals surface area (Å²) in [7, 11) is 0. The molecule has 1 fully saturated rings. The van der Waals surface area contributed by atoms with Gasteiger partial charge in [0.15, 0.2) is 0 Å². The Balaban J connectivity index is 1.59. The first kappa shape index (κ1) is 17.8. The van der Waals surface area contributed by atoms with E-state index in [-0.39, 0.29) is 12.5 Å². The van der Waals surface area contributed by atoms with Gasteiger partial charge in [-0.15, -0.1) is 0 Å². The first-order valence-electron chi connectivity index (χ1n) is 8.17. The average Bonchev–Trinajstić information content (AvgIpc) is 2.63. The summed E-state index contributed by atoms with van der Waals surface area (Å²) in [5, 5.41) is 8.97. The molecule has 1 saturated heterocycles. The summed E-state index contributed by atoms with van der Waals surface area (Å²) in [6.45, 7) is 3.69. The lowest BCUT2D eigenvalue weighted by atomic mass is 10.2. The number of ether oxygens (including phenoxy) is 1. The number of nitrogens with zero attached hydrogens (tertiary/aromatic N) is 3. The normalized spacial score (nSPS) is 15.2.